The van der Waals surface area contributed by atoms with Crippen LogP contribution in [0, 0.1) is 35.3 Å². The van der Waals surface area contributed by atoms with Crippen molar-refractivity contribution >= 4 is 25.6 Å². The average molecular weight is 609 g/mol. The molecule has 0 aromatic heterocycles. The van der Waals surface area contributed by atoms with E-state index in [0.29, 0.717) is 12.3 Å². The lowest BCUT2D eigenvalue weighted by atomic mass is 9.75. The van der Waals surface area contributed by atoms with Crippen LogP contribution in [0.3, 0.4) is 0 Å². The highest BCUT2D eigenvalue weighted by molar-refractivity contribution is 8.10. The summed E-state index contributed by atoms with van der Waals surface area (Å²) in [6, 6.07) is 7.78. The predicted molar refractivity (Wildman–Crippen MR) is 147 cm³/mol. The molecule has 1 saturated heterocycles. The van der Waals surface area contributed by atoms with Gasteiger partial charge in [0, 0.05) is 5.57 Å². The Morgan fingerprint density at radius 3 is 1.95 bits per heavy atom. The van der Waals surface area contributed by atoms with Crippen molar-refractivity contribution in [1.29, 1.82) is 0 Å². The van der Waals surface area contributed by atoms with Crippen LogP contribution in [0.2, 0.25) is 0 Å². The summed E-state index contributed by atoms with van der Waals surface area (Å²) < 4.78 is 95.5. The van der Waals surface area contributed by atoms with Gasteiger partial charge in [0.2, 0.25) is 6.29 Å². The van der Waals surface area contributed by atoms with E-state index in [4.69, 9.17) is 9.47 Å². The highest BCUT2D eigenvalue weighted by Crippen LogP contribution is 2.54. The van der Waals surface area contributed by atoms with Crippen LogP contribution in [-0.4, -0.2) is 39.3 Å². The van der Waals surface area contributed by atoms with Crippen LogP contribution in [-0.2, 0) is 33.9 Å². The number of rotatable bonds is 7. The number of esters is 1. The lowest BCUT2D eigenvalue weighted by Crippen LogP contribution is -2.57. The lowest BCUT2D eigenvalue weighted by Gasteiger charge is -2.43. The average Bonchev–Trinajstić information content (AvgIpc) is 3.24. The van der Waals surface area contributed by atoms with Crippen LogP contribution in [0.5, 0.6) is 0 Å². The zero-order chi connectivity index (χ0) is 29.7. The van der Waals surface area contributed by atoms with Gasteiger partial charge in [-0.1, -0.05) is 33.3 Å². The molecule has 2 aromatic carbocycles. The number of carbonyl (C=O) groups excluding carboxylic acids is 1. The number of halogens is 2. The summed E-state index contributed by atoms with van der Waals surface area (Å²) in [6.07, 6.45) is 1.67. The van der Waals surface area contributed by atoms with E-state index in [1.54, 1.807) is 0 Å². The summed E-state index contributed by atoms with van der Waals surface area (Å²) >= 11 is 0. The van der Waals surface area contributed by atoms with E-state index in [9.17, 15) is 30.4 Å². The summed E-state index contributed by atoms with van der Waals surface area (Å²) in [5, 5.41) is 0. The number of ether oxygens (including phenoxy) is 2. The van der Waals surface area contributed by atoms with Crippen molar-refractivity contribution in [2.24, 2.45) is 23.7 Å². The van der Waals surface area contributed by atoms with Crippen LogP contribution in [0.25, 0.3) is 0 Å². The molecule has 0 amide bonds. The Balaban J connectivity index is 1.71. The second kappa shape index (κ2) is 10.9. The van der Waals surface area contributed by atoms with Crippen molar-refractivity contribution < 1.29 is 39.9 Å². The molecule has 1 saturated carbocycles. The van der Waals surface area contributed by atoms with Gasteiger partial charge in [0.25, 0.3) is 0 Å². The van der Waals surface area contributed by atoms with E-state index in [2.05, 4.69) is 20.8 Å². The summed E-state index contributed by atoms with van der Waals surface area (Å²) in [6.45, 7) is 6.21. The van der Waals surface area contributed by atoms with E-state index in [0.717, 1.165) is 61.4 Å². The lowest BCUT2D eigenvalue weighted by molar-refractivity contribution is -0.197. The van der Waals surface area contributed by atoms with Gasteiger partial charge < -0.3 is 9.47 Å². The number of carbonyl (C=O) groups is 1. The van der Waals surface area contributed by atoms with Crippen molar-refractivity contribution in [2.75, 3.05) is 0 Å². The van der Waals surface area contributed by atoms with Crippen molar-refractivity contribution in [1.82, 2.24) is 0 Å². The molecule has 11 heteroatoms. The number of benzene rings is 2. The van der Waals surface area contributed by atoms with Gasteiger partial charge in [-0.15, -0.1) is 0 Å². The Labute approximate surface area is 239 Å². The number of allylic oxidation sites excluding steroid dienone is 1. The maximum atomic E-state index is 14.6. The van der Waals surface area contributed by atoms with Crippen LogP contribution < -0.4 is 0 Å². The molecule has 222 valence electrons. The topological polar surface area (TPSA) is 104 Å². The minimum atomic E-state index is -4.85. The third-order valence-electron chi connectivity index (χ3n) is 8.82. The largest absolute Gasteiger partial charge is 0.432 e. The summed E-state index contributed by atoms with van der Waals surface area (Å²) in [5.41, 5.74) is -0.0809. The number of sulfone groups is 2. The van der Waals surface area contributed by atoms with E-state index in [-0.39, 0.29) is 23.8 Å². The summed E-state index contributed by atoms with van der Waals surface area (Å²) in [7, 11) is -9.70. The van der Waals surface area contributed by atoms with E-state index in [1.165, 1.54) is 6.08 Å². The van der Waals surface area contributed by atoms with E-state index < -0.39 is 75.9 Å². The van der Waals surface area contributed by atoms with Crippen molar-refractivity contribution in [3.8, 4) is 0 Å². The number of hydrogen-bond donors (Lipinski definition) is 0. The molecule has 0 unspecified atom stereocenters. The van der Waals surface area contributed by atoms with Crippen LogP contribution in [0.1, 0.15) is 52.9 Å². The quantitative estimate of drug-likeness (QED) is 0.298. The number of fused-ring (bicyclic) bond motifs is 1. The van der Waals surface area contributed by atoms with Gasteiger partial charge in [-0.3, -0.25) is 0 Å². The summed E-state index contributed by atoms with van der Waals surface area (Å²) in [4.78, 5) is 12.3. The third-order valence-corrected chi connectivity index (χ3v) is 14.7. The fourth-order valence-electron chi connectivity index (χ4n) is 6.68. The van der Waals surface area contributed by atoms with Crippen LogP contribution in [0.4, 0.5) is 8.78 Å². The normalized spacial score (nSPS) is 28.2. The second-order valence-electron chi connectivity index (χ2n) is 11.7. The van der Waals surface area contributed by atoms with Gasteiger partial charge in [-0.05, 0) is 92.0 Å². The highest BCUT2D eigenvalue weighted by Gasteiger charge is 2.68. The molecule has 7 nitrogen and oxygen atoms in total. The molecule has 2 fully saturated rings. The molecule has 0 radical (unpaired) electrons. The molecule has 1 aliphatic heterocycles. The third kappa shape index (κ3) is 4.93. The molecule has 0 N–H and O–H groups in total. The molecule has 3 aliphatic rings. The predicted octanol–water partition coefficient (Wildman–Crippen LogP) is 5.61. The first-order valence-electron chi connectivity index (χ1n) is 13.9. The summed E-state index contributed by atoms with van der Waals surface area (Å²) in [5.74, 6) is -3.13. The fourth-order valence-corrected chi connectivity index (χ4v) is 12.1. The monoisotopic (exact) mass is 608 g/mol. The van der Waals surface area contributed by atoms with Gasteiger partial charge in [-0.25, -0.2) is 30.4 Å². The molecular weight excluding hydrogens is 574 g/mol. The molecule has 5 rings (SSSR count). The fraction of sp³-hybridized carbons (Fsp3) is 0.500. The molecule has 1 heterocycles. The van der Waals surface area contributed by atoms with Gasteiger partial charge in [-0.2, -0.15) is 0 Å². The smallest absolute Gasteiger partial charge is 0.336 e. The highest BCUT2D eigenvalue weighted by atomic mass is 32.3. The molecule has 2 aliphatic carbocycles. The van der Waals surface area contributed by atoms with Crippen molar-refractivity contribution in [3.05, 3.63) is 71.8 Å². The number of hydrogen-bond acceptors (Lipinski definition) is 7. The first kappa shape index (κ1) is 29.8. The first-order chi connectivity index (χ1) is 19.3. The molecule has 0 bridgehead atoms. The minimum Gasteiger partial charge on any atom is -0.432 e. The van der Waals surface area contributed by atoms with Gasteiger partial charge >= 0.3 is 5.97 Å². The molecule has 41 heavy (non-hydrogen) atoms. The van der Waals surface area contributed by atoms with Crippen LogP contribution >= 0.6 is 0 Å². The molecule has 2 aromatic rings. The maximum Gasteiger partial charge on any atom is 0.336 e. The SMILES string of the molecule is CC(C)[C@@H]1CC[C@@H](C)C[C@H]1O[C@@H]1OC(=O)C2=CCCC(S(=O)(=O)c3ccc(F)cc3)(S(=O)(=O)c3ccc(F)cc3)[C@H]21. The Kier molecular flexibility index (Phi) is 7.93. The Bertz CT molecular complexity index is 1470. The van der Waals surface area contributed by atoms with E-state index in [1.807, 2.05) is 0 Å². The molecule has 0 spiro atoms. The van der Waals surface area contributed by atoms with Crippen LogP contribution in [0.15, 0.2) is 70.0 Å². The first-order valence-corrected chi connectivity index (χ1v) is 16.8. The van der Waals surface area contributed by atoms with Gasteiger partial charge in [0.05, 0.1) is 21.8 Å². The molecule has 5 atom stereocenters. The minimum absolute atomic E-state index is 0.0520. The van der Waals surface area contributed by atoms with Gasteiger partial charge in [0.1, 0.15) is 11.6 Å². The maximum absolute atomic E-state index is 14.6. The van der Waals surface area contributed by atoms with E-state index >= 15 is 0 Å². The zero-order valence-corrected chi connectivity index (χ0v) is 24.8. The zero-order valence-electron chi connectivity index (χ0n) is 23.1. The standard InChI is InChI=1S/C30H34F2O7S2/c1-18(2)24-15-6-19(3)17-26(24)38-29-27-25(28(33)39-29)5-4-16-30(27,40(34,35)22-11-7-20(31)8-12-22)41(36,37)23-13-9-21(32)10-14-23/h5,7-14,18-19,24,26-27,29H,4,6,15-17H2,1-3H3/t19-,24+,26-,27-,29-/m1/s1. The Hall–Kier alpha value is -2.63. The van der Waals surface area contributed by atoms with Crippen molar-refractivity contribution in [3.63, 3.8) is 0 Å². The number of cyclic esters (lactones) is 1. The Morgan fingerprint density at radius 2 is 1.44 bits per heavy atom. The van der Waals surface area contributed by atoms with Crippen molar-refractivity contribution in [2.45, 2.75) is 79.1 Å². The van der Waals surface area contributed by atoms with Gasteiger partial charge in [0.15, 0.2) is 23.8 Å². The molecular formula is C30H34F2O7S2. The Morgan fingerprint density at radius 1 is 0.902 bits per heavy atom. The second-order valence-corrected chi connectivity index (χ2v) is 16.3.